The van der Waals surface area contributed by atoms with Crippen molar-refractivity contribution in [3.8, 4) is 11.5 Å². The van der Waals surface area contributed by atoms with E-state index in [1.54, 1.807) is 18.2 Å². The Morgan fingerprint density at radius 1 is 1.15 bits per heavy atom. The predicted octanol–water partition coefficient (Wildman–Crippen LogP) is 3.83. The van der Waals surface area contributed by atoms with E-state index in [0.29, 0.717) is 16.4 Å². The molecule has 0 spiro atoms. The van der Waals surface area contributed by atoms with Gasteiger partial charge in [-0.3, -0.25) is 14.5 Å². The van der Waals surface area contributed by atoms with Crippen LogP contribution in [0.4, 0.5) is 10.5 Å². The summed E-state index contributed by atoms with van der Waals surface area (Å²) in [7, 11) is 0. The largest absolute Gasteiger partial charge is 0.454 e. The van der Waals surface area contributed by atoms with Crippen molar-refractivity contribution in [3.05, 3.63) is 58.5 Å². The monoisotopic (exact) mass is 368 g/mol. The van der Waals surface area contributed by atoms with Crippen LogP contribution in [0.3, 0.4) is 0 Å². The van der Waals surface area contributed by atoms with Gasteiger partial charge in [0.05, 0.1) is 11.6 Å². The second-order valence-corrected chi connectivity index (χ2v) is 6.92. The van der Waals surface area contributed by atoms with Gasteiger partial charge in [0.2, 0.25) is 6.79 Å². The number of amides is 2. The molecule has 6 nitrogen and oxygen atoms in total. The zero-order valence-electron chi connectivity index (χ0n) is 14.0. The van der Waals surface area contributed by atoms with Gasteiger partial charge in [-0.15, -0.1) is 0 Å². The van der Waals surface area contributed by atoms with Crippen molar-refractivity contribution in [2.75, 3.05) is 18.8 Å². The number of imide groups is 1. The molecule has 7 heteroatoms. The Morgan fingerprint density at radius 2 is 2.00 bits per heavy atom. The smallest absolute Gasteiger partial charge is 0.295 e. The minimum atomic E-state index is -0.308. The van der Waals surface area contributed by atoms with Gasteiger partial charge >= 0.3 is 0 Å². The topological polar surface area (TPSA) is 67.9 Å². The lowest BCUT2D eigenvalue weighted by Crippen LogP contribution is -2.33. The Kier molecular flexibility index (Phi) is 4.30. The first kappa shape index (κ1) is 16.5. The Morgan fingerprint density at radius 3 is 2.85 bits per heavy atom. The van der Waals surface area contributed by atoms with Gasteiger partial charge < -0.3 is 14.8 Å². The molecule has 0 atom stereocenters. The van der Waals surface area contributed by atoms with Crippen LogP contribution in [-0.2, 0) is 4.79 Å². The molecule has 0 aliphatic carbocycles. The molecule has 0 saturated carbocycles. The maximum atomic E-state index is 12.6. The molecule has 2 aromatic rings. The van der Waals surface area contributed by atoms with E-state index < -0.39 is 0 Å². The molecule has 132 valence electrons. The van der Waals surface area contributed by atoms with E-state index in [2.05, 4.69) is 5.32 Å². The molecule has 0 radical (unpaired) electrons. The Balaban J connectivity index is 1.48. The zero-order valence-corrected chi connectivity index (χ0v) is 14.8. The SMILES string of the molecule is Cc1cccc(NCN2C(=O)SC(=Cc3ccc4c(c3)OCO4)C2=O)c1. The van der Waals surface area contributed by atoms with Crippen LogP contribution in [0.2, 0.25) is 0 Å². The van der Waals surface area contributed by atoms with E-state index in [0.717, 1.165) is 28.6 Å². The standard InChI is InChI=1S/C19H16N2O4S/c1-12-3-2-4-14(7-12)20-10-21-18(22)17(26-19(21)23)9-13-5-6-15-16(8-13)25-11-24-15/h2-9,20H,10-11H2,1H3. The maximum absolute atomic E-state index is 12.6. The number of hydrogen-bond acceptors (Lipinski definition) is 6. The van der Waals surface area contributed by atoms with Crippen molar-refractivity contribution in [3.63, 3.8) is 0 Å². The molecule has 4 rings (SSSR count). The van der Waals surface area contributed by atoms with E-state index >= 15 is 0 Å². The highest BCUT2D eigenvalue weighted by Gasteiger charge is 2.34. The maximum Gasteiger partial charge on any atom is 0.295 e. The van der Waals surface area contributed by atoms with Crippen molar-refractivity contribution in [2.45, 2.75) is 6.92 Å². The fraction of sp³-hybridized carbons (Fsp3) is 0.158. The third-order valence-corrected chi connectivity index (χ3v) is 4.93. The molecular formula is C19H16N2O4S. The van der Waals surface area contributed by atoms with Crippen molar-refractivity contribution in [2.24, 2.45) is 0 Å². The summed E-state index contributed by atoms with van der Waals surface area (Å²) in [6.07, 6.45) is 1.69. The molecule has 1 N–H and O–H groups in total. The number of carbonyl (C=O) groups excluding carboxylic acids is 2. The lowest BCUT2D eigenvalue weighted by molar-refractivity contribution is -0.122. The number of aryl methyl sites for hydroxylation is 1. The molecule has 0 aromatic heterocycles. The van der Waals surface area contributed by atoms with Crippen molar-refractivity contribution < 1.29 is 19.1 Å². The number of fused-ring (bicyclic) bond motifs is 1. The number of thioether (sulfide) groups is 1. The first-order chi connectivity index (χ1) is 12.6. The molecule has 0 unspecified atom stereocenters. The average Bonchev–Trinajstić information content (AvgIpc) is 3.18. The van der Waals surface area contributed by atoms with E-state index in [1.807, 2.05) is 37.3 Å². The Labute approximate surface area is 154 Å². The van der Waals surface area contributed by atoms with Crippen LogP contribution >= 0.6 is 11.8 Å². The number of ether oxygens (including phenoxy) is 2. The highest BCUT2D eigenvalue weighted by molar-refractivity contribution is 8.18. The number of anilines is 1. The lowest BCUT2D eigenvalue weighted by atomic mass is 10.2. The summed E-state index contributed by atoms with van der Waals surface area (Å²) < 4.78 is 10.6. The fourth-order valence-corrected chi connectivity index (χ4v) is 3.55. The molecule has 2 aromatic carbocycles. The molecule has 1 saturated heterocycles. The highest BCUT2D eigenvalue weighted by Crippen LogP contribution is 2.36. The van der Waals surface area contributed by atoms with Crippen molar-refractivity contribution >= 4 is 34.7 Å². The van der Waals surface area contributed by atoms with E-state index in [4.69, 9.17) is 9.47 Å². The quantitative estimate of drug-likeness (QED) is 0.828. The summed E-state index contributed by atoms with van der Waals surface area (Å²) in [5.74, 6) is 1.01. The van der Waals surface area contributed by atoms with Gasteiger partial charge in [0.15, 0.2) is 11.5 Å². The molecule has 2 amide bonds. The highest BCUT2D eigenvalue weighted by atomic mass is 32.2. The van der Waals surface area contributed by atoms with Crippen LogP contribution in [0.25, 0.3) is 6.08 Å². The lowest BCUT2D eigenvalue weighted by Gasteiger charge is -2.14. The molecule has 2 heterocycles. The third kappa shape index (κ3) is 3.25. The van der Waals surface area contributed by atoms with Gasteiger partial charge in [0.1, 0.15) is 0 Å². The normalized spacial score (nSPS) is 17.3. The molecule has 2 aliphatic heterocycles. The molecule has 1 fully saturated rings. The van der Waals surface area contributed by atoms with Gasteiger partial charge in [-0.25, -0.2) is 0 Å². The fourth-order valence-electron chi connectivity index (χ4n) is 2.72. The van der Waals surface area contributed by atoms with Crippen LogP contribution in [-0.4, -0.2) is 29.5 Å². The van der Waals surface area contributed by atoms with Gasteiger partial charge in [-0.1, -0.05) is 18.2 Å². The van der Waals surface area contributed by atoms with Crippen LogP contribution in [0.1, 0.15) is 11.1 Å². The number of benzene rings is 2. The van der Waals surface area contributed by atoms with Crippen LogP contribution < -0.4 is 14.8 Å². The third-order valence-electron chi connectivity index (χ3n) is 4.03. The summed E-state index contributed by atoms with van der Waals surface area (Å²) in [5, 5.41) is 2.82. The van der Waals surface area contributed by atoms with Crippen molar-refractivity contribution in [1.82, 2.24) is 4.90 Å². The van der Waals surface area contributed by atoms with Gasteiger partial charge in [0.25, 0.3) is 11.1 Å². The van der Waals surface area contributed by atoms with Crippen LogP contribution in [0.15, 0.2) is 47.4 Å². The molecule has 26 heavy (non-hydrogen) atoms. The Hall–Kier alpha value is -2.93. The summed E-state index contributed by atoms with van der Waals surface area (Å²) in [5.41, 5.74) is 2.75. The number of carbonyl (C=O) groups is 2. The summed E-state index contributed by atoms with van der Waals surface area (Å²) >= 11 is 0.935. The summed E-state index contributed by atoms with van der Waals surface area (Å²) in [6.45, 7) is 2.31. The minimum Gasteiger partial charge on any atom is -0.454 e. The zero-order chi connectivity index (χ0) is 18.1. The van der Waals surface area contributed by atoms with Crippen LogP contribution in [0, 0.1) is 6.92 Å². The molecule has 0 bridgehead atoms. The second-order valence-electron chi connectivity index (χ2n) is 5.93. The van der Waals surface area contributed by atoms with E-state index in [1.165, 1.54) is 4.90 Å². The second kappa shape index (κ2) is 6.76. The van der Waals surface area contributed by atoms with Gasteiger partial charge in [0, 0.05) is 5.69 Å². The van der Waals surface area contributed by atoms with E-state index in [9.17, 15) is 9.59 Å². The average molecular weight is 368 g/mol. The van der Waals surface area contributed by atoms with Gasteiger partial charge in [-0.05, 0) is 60.2 Å². The van der Waals surface area contributed by atoms with Crippen LogP contribution in [0.5, 0.6) is 11.5 Å². The minimum absolute atomic E-state index is 0.132. The summed E-state index contributed by atoms with van der Waals surface area (Å²) in [4.78, 5) is 26.4. The molecular weight excluding hydrogens is 352 g/mol. The predicted molar refractivity (Wildman–Crippen MR) is 100 cm³/mol. The van der Waals surface area contributed by atoms with Gasteiger partial charge in [-0.2, -0.15) is 0 Å². The Bertz CT molecular complexity index is 926. The molecule has 2 aliphatic rings. The number of nitrogens with zero attached hydrogens (tertiary/aromatic N) is 1. The first-order valence-corrected chi connectivity index (χ1v) is 8.87. The number of rotatable bonds is 4. The number of hydrogen-bond donors (Lipinski definition) is 1. The first-order valence-electron chi connectivity index (χ1n) is 8.06. The number of nitrogens with one attached hydrogen (secondary N) is 1. The van der Waals surface area contributed by atoms with E-state index in [-0.39, 0.29) is 24.6 Å². The van der Waals surface area contributed by atoms with Crippen molar-refractivity contribution in [1.29, 1.82) is 0 Å². The summed E-state index contributed by atoms with van der Waals surface area (Å²) in [6, 6.07) is 13.2.